The van der Waals surface area contributed by atoms with Gasteiger partial charge in [0.1, 0.15) is 13.2 Å². The monoisotopic (exact) mass is 248 g/mol. The van der Waals surface area contributed by atoms with E-state index in [1.807, 2.05) is 0 Å². The van der Waals surface area contributed by atoms with Crippen molar-refractivity contribution in [2.75, 3.05) is 6.61 Å². The van der Waals surface area contributed by atoms with Crippen LogP contribution in [0.2, 0.25) is 0 Å². The lowest BCUT2D eigenvalue weighted by atomic mass is 10.4. The molecule has 0 atom stereocenters. The highest BCUT2D eigenvalue weighted by Crippen LogP contribution is 2.18. The Morgan fingerprint density at radius 3 is 2.82 bits per heavy atom. The zero-order chi connectivity index (χ0) is 12.3. The van der Waals surface area contributed by atoms with E-state index in [2.05, 4.69) is 14.9 Å². The van der Waals surface area contributed by atoms with Crippen LogP contribution in [-0.4, -0.2) is 22.9 Å². The fraction of sp³-hybridized carbons (Fsp3) is 0.333. The van der Waals surface area contributed by atoms with Crippen molar-refractivity contribution in [3.8, 4) is 11.7 Å². The van der Waals surface area contributed by atoms with Crippen LogP contribution in [0, 0.1) is 0 Å². The van der Waals surface area contributed by atoms with Crippen molar-refractivity contribution in [2.45, 2.75) is 12.8 Å². The molecule has 0 spiro atoms. The van der Waals surface area contributed by atoms with Gasteiger partial charge in [-0.3, -0.25) is 0 Å². The average molecular weight is 248 g/mol. The average Bonchev–Trinajstić information content (AvgIpc) is 2.83. The fourth-order valence-corrected chi connectivity index (χ4v) is 1.07. The molecule has 17 heavy (non-hydrogen) atoms. The number of hydrogen-bond acceptors (Lipinski definition) is 5. The Morgan fingerprint density at radius 2 is 2.18 bits per heavy atom. The summed E-state index contributed by atoms with van der Waals surface area (Å²) < 4.78 is 49.5. The molecule has 0 amide bonds. The maximum absolute atomic E-state index is 11.8. The van der Waals surface area contributed by atoms with Gasteiger partial charge in [0.15, 0.2) is 11.6 Å². The van der Waals surface area contributed by atoms with Crippen molar-refractivity contribution in [3.05, 3.63) is 24.2 Å². The molecule has 0 fully saturated rings. The van der Waals surface area contributed by atoms with Crippen molar-refractivity contribution in [2.24, 2.45) is 0 Å². The summed E-state index contributed by atoms with van der Waals surface area (Å²) in [7, 11) is 0. The van der Waals surface area contributed by atoms with E-state index in [-0.39, 0.29) is 18.3 Å². The molecule has 0 saturated heterocycles. The minimum Gasteiger partial charge on any atom is -0.459 e. The molecule has 0 radical (unpaired) electrons. The second-order valence-electron chi connectivity index (χ2n) is 3.10. The minimum absolute atomic E-state index is 0.0284. The first-order valence-electron chi connectivity index (χ1n) is 4.55. The number of hydrogen-bond donors (Lipinski definition) is 0. The third kappa shape index (κ3) is 3.31. The third-order valence-electron chi connectivity index (χ3n) is 1.70. The first-order chi connectivity index (χ1) is 8.04. The number of aromatic nitrogens is 2. The Kier molecular flexibility index (Phi) is 3.14. The van der Waals surface area contributed by atoms with Crippen LogP contribution in [0.1, 0.15) is 5.82 Å². The molecule has 2 aromatic rings. The molecular weight excluding hydrogens is 241 g/mol. The van der Waals surface area contributed by atoms with E-state index in [0.717, 1.165) is 0 Å². The van der Waals surface area contributed by atoms with Gasteiger partial charge in [-0.1, -0.05) is 5.16 Å². The normalized spacial score (nSPS) is 11.9. The van der Waals surface area contributed by atoms with E-state index in [0.29, 0.717) is 5.76 Å². The highest BCUT2D eigenvalue weighted by Gasteiger charge is 2.27. The Bertz CT molecular complexity index is 464. The fourth-order valence-electron chi connectivity index (χ4n) is 1.07. The molecule has 0 unspecified atom stereocenters. The Morgan fingerprint density at radius 1 is 1.35 bits per heavy atom. The van der Waals surface area contributed by atoms with Crippen LogP contribution in [0.5, 0.6) is 0 Å². The van der Waals surface area contributed by atoms with E-state index >= 15 is 0 Å². The van der Waals surface area contributed by atoms with Gasteiger partial charge in [-0.15, -0.1) is 0 Å². The smallest absolute Gasteiger partial charge is 0.411 e. The van der Waals surface area contributed by atoms with Crippen molar-refractivity contribution < 1.29 is 26.8 Å². The topological polar surface area (TPSA) is 61.3 Å². The van der Waals surface area contributed by atoms with Gasteiger partial charge in [-0.25, -0.2) is 0 Å². The lowest BCUT2D eigenvalue weighted by Crippen LogP contribution is -2.16. The summed E-state index contributed by atoms with van der Waals surface area (Å²) in [6.07, 6.45) is -2.95. The zero-order valence-corrected chi connectivity index (χ0v) is 8.40. The lowest BCUT2D eigenvalue weighted by molar-refractivity contribution is -0.177. The van der Waals surface area contributed by atoms with E-state index in [4.69, 9.17) is 8.94 Å². The number of rotatable bonds is 4. The highest BCUT2D eigenvalue weighted by molar-refractivity contribution is 5.42. The molecule has 2 rings (SSSR count). The van der Waals surface area contributed by atoms with Gasteiger partial charge in [-0.05, 0) is 12.1 Å². The van der Waals surface area contributed by atoms with Crippen LogP contribution >= 0.6 is 0 Å². The van der Waals surface area contributed by atoms with Gasteiger partial charge in [0.05, 0.1) is 6.26 Å². The summed E-state index contributed by atoms with van der Waals surface area (Å²) in [5, 5.41) is 3.45. The summed E-state index contributed by atoms with van der Waals surface area (Å²) in [4.78, 5) is 3.81. The molecule has 0 aliphatic carbocycles. The van der Waals surface area contributed by atoms with Crippen molar-refractivity contribution in [1.82, 2.24) is 10.1 Å². The number of alkyl halides is 3. The summed E-state index contributed by atoms with van der Waals surface area (Å²) >= 11 is 0. The van der Waals surface area contributed by atoms with Crippen LogP contribution in [0.3, 0.4) is 0 Å². The molecule has 8 heteroatoms. The number of nitrogens with zero attached hydrogens (tertiary/aromatic N) is 2. The van der Waals surface area contributed by atoms with Crippen LogP contribution in [-0.2, 0) is 11.3 Å². The van der Waals surface area contributed by atoms with Gasteiger partial charge in [-0.2, -0.15) is 18.2 Å². The van der Waals surface area contributed by atoms with E-state index in [9.17, 15) is 13.2 Å². The zero-order valence-electron chi connectivity index (χ0n) is 8.40. The summed E-state index contributed by atoms with van der Waals surface area (Å²) in [5.41, 5.74) is 0. The largest absolute Gasteiger partial charge is 0.459 e. The SMILES string of the molecule is FC(F)(F)COCc1noc(-c2ccco2)n1. The molecule has 0 N–H and O–H groups in total. The van der Waals surface area contributed by atoms with E-state index < -0.39 is 12.8 Å². The molecular formula is C9H7F3N2O3. The van der Waals surface area contributed by atoms with Gasteiger partial charge in [0.2, 0.25) is 0 Å². The van der Waals surface area contributed by atoms with E-state index in [1.165, 1.54) is 6.26 Å². The van der Waals surface area contributed by atoms with Crippen LogP contribution in [0.25, 0.3) is 11.7 Å². The maximum Gasteiger partial charge on any atom is 0.411 e. The molecule has 0 saturated carbocycles. The summed E-state index contributed by atoms with van der Waals surface area (Å²) in [6.45, 7) is -1.72. The highest BCUT2D eigenvalue weighted by atomic mass is 19.4. The second-order valence-corrected chi connectivity index (χ2v) is 3.10. The predicted molar refractivity (Wildman–Crippen MR) is 47.7 cm³/mol. The standard InChI is InChI=1S/C9H7F3N2O3/c10-9(11,12)5-15-4-7-13-8(17-14-7)6-2-1-3-16-6/h1-3H,4-5H2. The first kappa shape index (κ1) is 11.6. The second kappa shape index (κ2) is 4.58. The van der Waals surface area contributed by atoms with Crippen molar-refractivity contribution >= 4 is 0 Å². The van der Waals surface area contributed by atoms with Gasteiger partial charge in [0.25, 0.3) is 5.89 Å². The van der Waals surface area contributed by atoms with Gasteiger partial charge < -0.3 is 13.7 Å². The van der Waals surface area contributed by atoms with Crippen molar-refractivity contribution in [1.29, 1.82) is 0 Å². The molecule has 0 aliphatic heterocycles. The van der Waals surface area contributed by atoms with Gasteiger partial charge >= 0.3 is 6.18 Å². The molecule has 5 nitrogen and oxygen atoms in total. The van der Waals surface area contributed by atoms with Crippen LogP contribution < -0.4 is 0 Å². The Hall–Kier alpha value is -1.83. The molecule has 92 valence electrons. The van der Waals surface area contributed by atoms with Crippen molar-refractivity contribution in [3.63, 3.8) is 0 Å². The third-order valence-corrected chi connectivity index (χ3v) is 1.70. The minimum atomic E-state index is -4.37. The molecule has 2 aromatic heterocycles. The number of ether oxygens (including phenoxy) is 1. The molecule has 0 aromatic carbocycles. The van der Waals surface area contributed by atoms with Crippen LogP contribution in [0.15, 0.2) is 27.3 Å². The molecule has 0 bridgehead atoms. The predicted octanol–water partition coefficient (Wildman–Crippen LogP) is 2.41. The number of halogens is 3. The summed E-state index contributed by atoms with van der Waals surface area (Å²) in [5.74, 6) is 0.473. The lowest BCUT2D eigenvalue weighted by Gasteiger charge is -2.04. The quantitative estimate of drug-likeness (QED) is 0.831. The van der Waals surface area contributed by atoms with Gasteiger partial charge in [0, 0.05) is 0 Å². The molecule has 0 aliphatic rings. The first-order valence-corrected chi connectivity index (χ1v) is 4.55. The van der Waals surface area contributed by atoms with Crippen LogP contribution in [0.4, 0.5) is 13.2 Å². The molecule has 2 heterocycles. The van der Waals surface area contributed by atoms with E-state index in [1.54, 1.807) is 12.1 Å². The summed E-state index contributed by atoms with van der Waals surface area (Å²) in [6, 6.07) is 3.22. The Labute approximate surface area is 93.2 Å². The Balaban J connectivity index is 1.91. The maximum atomic E-state index is 11.8. The number of furan rings is 1.